The lowest BCUT2D eigenvalue weighted by molar-refractivity contribution is 0.165. The molecule has 2 nitrogen and oxygen atoms in total. The van der Waals surface area contributed by atoms with E-state index in [9.17, 15) is 5.11 Å². The fourth-order valence-corrected chi connectivity index (χ4v) is 3.50. The molecule has 0 aromatic heterocycles. The van der Waals surface area contributed by atoms with Crippen molar-refractivity contribution in [1.82, 2.24) is 4.90 Å². The standard InChI is InChI=1S/C20H25NO/c22-16-19-11-12-20(13-19)21(14-17-7-3-1-4-8-17)15-18-9-5-2-6-10-18/h1-10,19-20,22H,11-16H2/t19-,20+/m0/s1. The van der Waals surface area contributed by atoms with Crippen LogP contribution in [0.4, 0.5) is 0 Å². The molecule has 2 atom stereocenters. The van der Waals surface area contributed by atoms with Crippen LogP contribution >= 0.6 is 0 Å². The van der Waals surface area contributed by atoms with Gasteiger partial charge in [0.25, 0.3) is 0 Å². The number of nitrogens with zero attached hydrogens (tertiary/aromatic N) is 1. The van der Waals surface area contributed by atoms with Crippen molar-refractivity contribution >= 4 is 0 Å². The lowest BCUT2D eigenvalue weighted by Crippen LogP contribution is -2.32. The van der Waals surface area contributed by atoms with Crippen LogP contribution in [0.1, 0.15) is 30.4 Å². The first-order valence-electron chi connectivity index (χ1n) is 8.28. The molecule has 0 unspecified atom stereocenters. The number of aliphatic hydroxyl groups is 1. The van der Waals surface area contributed by atoms with E-state index < -0.39 is 0 Å². The van der Waals surface area contributed by atoms with Crippen molar-refractivity contribution in [3.05, 3.63) is 71.8 Å². The molecule has 3 rings (SSSR count). The lowest BCUT2D eigenvalue weighted by Gasteiger charge is -2.29. The molecule has 0 saturated heterocycles. The fourth-order valence-electron chi connectivity index (χ4n) is 3.50. The molecule has 0 amide bonds. The zero-order valence-electron chi connectivity index (χ0n) is 13.1. The number of rotatable bonds is 6. The van der Waals surface area contributed by atoms with Crippen molar-refractivity contribution in [1.29, 1.82) is 0 Å². The van der Waals surface area contributed by atoms with Gasteiger partial charge in [0.2, 0.25) is 0 Å². The fraction of sp³-hybridized carbons (Fsp3) is 0.400. The Morgan fingerprint density at radius 3 is 1.82 bits per heavy atom. The van der Waals surface area contributed by atoms with Crippen molar-refractivity contribution in [2.24, 2.45) is 5.92 Å². The minimum absolute atomic E-state index is 0.334. The Kier molecular flexibility index (Phi) is 5.25. The van der Waals surface area contributed by atoms with Crippen molar-refractivity contribution in [2.45, 2.75) is 38.4 Å². The second kappa shape index (κ2) is 7.57. The quantitative estimate of drug-likeness (QED) is 0.875. The molecule has 1 N–H and O–H groups in total. The van der Waals surface area contributed by atoms with E-state index in [4.69, 9.17) is 0 Å². The van der Waals surface area contributed by atoms with Crippen LogP contribution < -0.4 is 0 Å². The monoisotopic (exact) mass is 295 g/mol. The van der Waals surface area contributed by atoms with Crippen LogP contribution in [0.15, 0.2) is 60.7 Å². The predicted molar refractivity (Wildman–Crippen MR) is 90.3 cm³/mol. The van der Waals surface area contributed by atoms with Gasteiger partial charge in [0.15, 0.2) is 0 Å². The summed E-state index contributed by atoms with van der Waals surface area (Å²) >= 11 is 0. The van der Waals surface area contributed by atoms with Gasteiger partial charge in [0.1, 0.15) is 0 Å². The molecular formula is C20H25NO. The third kappa shape index (κ3) is 3.96. The molecule has 0 aliphatic heterocycles. The van der Waals surface area contributed by atoms with Gasteiger partial charge in [-0.1, -0.05) is 60.7 Å². The topological polar surface area (TPSA) is 23.5 Å². The average Bonchev–Trinajstić information content (AvgIpc) is 3.05. The molecular weight excluding hydrogens is 270 g/mol. The van der Waals surface area contributed by atoms with Gasteiger partial charge < -0.3 is 5.11 Å². The third-order valence-electron chi connectivity index (χ3n) is 4.75. The van der Waals surface area contributed by atoms with E-state index in [1.54, 1.807) is 0 Å². The summed E-state index contributed by atoms with van der Waals surface area (Å²) in [6.45, 7) is 2.30. The highest BCUT2D eigenvalue weighted by atomic mass is 16.3. The minimum atomic E-state index is 0.334. The van der Waals surface area contributed by atoms with Gasteiger partial charge in [-0.3, -0.25) is 4.90 Å². The predicted octanol–water partition coefficient (Wildman–Crippen LogP) is 3.85. The van der Waals surface area contributed by atoms with Crippen LogP contribution in [0.2, 0.25) is 0 Å². The Balaban J connectivity index is 1.73. The minimum Gasteiger partial charge on any atom is -0.396 e. The third-order valence-corrected chi connectivity index (χ3v) is 4.75. The highest BCUT2D eigenvalue weighted by molar-refractivity contribution is 5.17. The maximum Gasteiger partial charge on any atom is 0.0459 e. The second-order valence-electron chi connectivity index (χ2n) is 6.39. The summed E-state index contributed by atoms with van der Waals surface area (Å²) in [7, 11) is 0. The van der Waals surface area contributed by atoms with E-state index >= 15 is 0 Å². The van der Waals surface area contributed by atoms with Gasteiger partial charge in [-0.15, -0.1) is 0 Å². The Morgan fingerprint density at radius 2 is 1.36 bits per heavy atom. The van der Waals surface area contributed by atoms with Crippen LogP contribution in [0, 0.1) is 5.92 Å². The SMILES string of the molecule is OC[C@H]1CC[C@@H](N(Cc2ccccc2)Cc2ccccc2)C1. The maximum atomic E-state index is 9.43. The van der Waals surface area contributed by atoms with Crippen LogP contribution in [-0.2, 0) is 13.1 Å². The molecule has 1 aliphatic rings. The molecule has 22 heavy (non-hydrogen) atoms. The highest BCUT2D eigenvalue weighted by Gasteiger charge is 2.28. The summed E-state index contributed by atoms with van der Waals surface area (Å²) in [5.74, 6) is 0.485. The van der Waals surface area contributed by atoms with Crippen molar-refractivity contribution < 1.29 is 5.11 Å². The van der Waals surface area contributed by atoms with Crippen molar-refractivity contribution in [3.8, 4) is 0 Å². The zero-order valence-corrected chi connectivity index (χ0v) is 13.1. The Morgan fingerprint density at radius 1 is 0.818 bits per heavy atom. The van der Waals surface area contributed by atoms with Gasteiger partial charge in [-0.25, -0.2) is 0 Å². The Labute approximate surface area is 133 Å². The summed E-state index contributed by atoms with van der Waals surface area (Å²) < 4.78 is 0. The molecule has 0 radical (unpaired) electrons. The van der Waals surface area contributed by atoms with Gasteiger partial charge >= 0.3 is 0 Å². The normalized spacial score (nSPS) is 21.4. The molecule has 0 spiro atoms. The zero-order chi connectivity index (χ0) is 15.2. The molecule has 1 aliphatic carbocycles. The first-order chi connectivity index (χ1) is 10.8. The molecule has 2 heteroatoms. The van der Waals surface area contributed by atoms with E-state index in [1.165, 1.54) is 17.5 Å². The van der Waals surface area contributed by atoms with Crippen LogP contribution in [-0.4, -0.2) is 22.7 Å². The van der Waals surface area contributed by atoms with Crippen LogP contribution in [0.3, 0.4) is 0 Å². The van der Waals surface area contributed by atoms with Gasteiger partial charge in [0.05, 0.1) is 0 Å². The molecule has 0 heterocycles. The van der Waals surface area contributed by atoms with Crippen LogP contribution in [0.25, 0.3) is 0 Å². The Bertz CT molecular complexity index is 513. The number of hydrogen-bond donors (Lipinski definition) is 1. The number of benzene rings is 2. The number of hydrogen-bond acceptors (Lipinski definition) is 2. The molecule has 2 aromatic carbocycles. The Hall–Kier alpha value is -1.64. The van der Waals surface area contributed by atoms with E-state index in [2.05, 4.69) is 65.6 Å². The molecule has 2 aromatic rings. The van der Waals surface area contributed by atoms with Crippen molar-refractivity contribution in [2.75, 3.05) is 6.61 Å². The van der Waals surface area contributed by atoms with E-state index in [-0.39, 0.29) is 0 Å². The van der Waals surface area contributed by atoms with Crippen LogP contribution in [0.5, 0.6) is 0 Å². The molecule has 116 valence electrons. The largest absolute Gasteiger partial charge is 0.396 e. The first kappa shape index (κ1) is 15.3. The first-order valence-corrected chi connectivity index (χ1v) is 8.28. The van der Waals surface area contributed by atoms with Gasteiger partial charge in [-0.05, 0) is 36.3 Å². The number of aliphatic hydroxyl groups excluding tert-OH is 1. The average molecular weight is 295 g/mol. The lowest BCUT2D eigenvalue weighted by atomic mass is 10.1. The smallest absolute Gasteiger partial charge is 0.0459 e. The van der Waals surface area contributed by atoms with Crippen molar-refractivity contribution in [3.63, 3.8) is 0 Å². The summed E-state index contributed by atoms with van der Waals surface area (Å²) in [5.41, 5.74) is 2.73. The van der Waals surface area contributed by atoms with E-state index in [0.29, 0.717) is 18.6 Å². The summed E-state index contributed by atoms with van der Waals surface area (Å²) in [6, 6.07) is 22.0. The molecule has 1 fully saturated rings. The summed E-state index contributed by atoms with van der Waals surface area (Å²) in [5, 5.41) is 9.43. The highest BCUT2D eigenvalue weighted by Crippen LogP contribution is 2.31. The second-order valence-corrected chi connectivity index (χ2v) is 6.39. The molecule has 0 bridgehead atoms. The van der Waals surface area contributed by atoms with E-state index in [0.717, 1.165) is 25.9 Å². The van der Waals surface area contributed by atoms with Gasteiger partial charge in [-0.2, -0.15) is 0 Å². The van der Waals surface area contributed by atoms with E-state index in [1.807, 2.05) is 0 Å². The maximum absolute atomic E-state index is 9.43. The summed E-state index contributed by atoms with van der Waals surface area (Å²) in [6.07, 6.45) is 3.47. The molecule has 1 saturated carbocycles. The van der Waals surface area contributed by atoms with Gasteiger partial charge in [0, 0.05) is 25.7 Å². The summed E-state index contributed by atoms with van der Waals surface area (Å²) in [4.78, 5) is 2.58.